The van der Waals surface area contributed by atoms with Gasteiger partial charge in [-0.05, 0) is 53.8 Å². The van der Waals surface area contributed by atoms with E-state index in [2.05, 4.69) is 60.7 Å². The Balaban J connectivity index is 0.00000210. The van der Waals surface area contributed by atoms with Gasteiger partial charge in [-0.15, -0.1) is 12.4 Å². The van der Waals surface area contributed by atoms with E-state index in [1.54, 1.807) is 0 Å². The predicted molar refractivity (Wildman–Crippen MR) is 114 cm³/mol. The summed E-state index contributed by atoms with van der Waals surface area (Å²) in [6, 6.07) is 21.3. The van der Waals surface area contributed by atoms with Gasteiger partial charge >= 0.3 is 0 Å². The fourth-order valence-electron chi connectivity index (χ4n) is 3.63. The van der Waals surface area contributed by atoms with Crippen LogP contribution in [0.4, 0.5) is 0 Å². The average Bonchev–Trinajstić information content (AvgIpc) is 3.20. The number of benzene rings is 3. The van der Waals surface area contributed by atoms with E-state index in [9.17, 15) is 0 Å². The van der Waals surface area contributed by atoms with Crippen molar-refractivity contribution < 1.29 is 9.47 Å². The third kappa shape index (κ3) is 4.44. The standard InChI is InChI=1S/C23H25NO2.ClH/c24-14-13-17-7-9-19(10-8-17)23-21-6-2-1-4-18(21)11-12-22(23)26-16-20-5-3-15-25-20;/h1-2,4,6-12,20H,3,5,13-16,24H2;1H. The van der Waals surface area contributed by atoms with Crippen molar-refractivity contribution in [1.82, 2.24) is 0 Å². The van der Waals surface area contributed by atoms with Gasteiger partial charge in [-0.2, -0.15) is 0 Å². The number of hydrogen-bond acceptors (Lipinski definition) is 3. The summed E-state index contributed by atoms with van der Waals surface area (Å²) in [5.74, 6) is 0.922. The summed E-state index contributed by atoms with van der Waals surface area (Å²) in [5.41, 5.74) is 9.26. The number of rotatable bonds is 6. The Hall–Kier alpha value is -2.07. The summed E-state index contributed by atoms with van der Waals surface area (Å²) in [6.07, 6.45) is 3.32. The van der Waals surface area contributed by atoms with Crippen LogP contribution in [0.25, 0.3) is 21.9 Å². The van der Waals surface area contributed by atoms with E-state index in [0.29, 0.717) is 13.2 Å². The lowest BCUT2D eigenvalue weighted by Gasteiger charge is -2.17. The highest BCUT2D eigenvalue weighted by Gasteiger charge is 2.18. The second-order valence-corrected chi connectivity index (χ2v) is 6.84. The molecule has 0 radical (unpaired) electrons. The second kappa shape index (κ2) is 9.23. The summed E-state index contributed by atoms with van der Waals surface area (Å²) in [7, 11) is 0. The molecule has 142 valence electrons. The van der Waals surface area contributed by atoms with Crippen LogP contribution in [0.5, 0.6) is 5.75 Å². The molecular formula is C23H26ClNO2. The van der Waals surface area contributed by atoms with Crippen LogP contribution in [0, 0.1) is 0 Å². The molecule has 1 unspecified atom stereocenters. The van der Waals surface area contributed by atoms with Crippen LogP contribution >= 0.6 is 12.4 Å². The van der Waals surface area contributed by atoms with Gasteiger partial charge in [0.05, 0.1) is 6.10 Å². The zero-order valence-electron chi connectivity index (χ0n) is 15.4. The summed E-state index contributed by atoms with van der Waals surface area (Å²) in [5, 5.41) is 2.43. The van der Waals surface area contributed by atoms with E-state index in [0.717, 1.165) is 37.2 Å². The van der Waals surface area contributed by atoms with Gasteiger partial charge in [0, 0.05) is 12.2 Å². The average molecular weight is 384 g/mol. The first kappa shape index (κ1) is 19.7. The maximum absolute atomic E-state index is 6.22. The van der Waals surface area contributed by atoms with Gasteiger partial charge < -0.3 is 15.2 Å². The van der Waals surface area contributed by atoms with E-state index in [-0.39, 0.29) is 18.5 Å². The number of nitrogens with two attached hydrogens (primary N) is 1. The van der Waals surface area contributed by atoms with Crippen LogP contribution in [-0.2, 0) is 11.2 Å². The molecule has 1 atom stereocenters. The molecule has 1 saturated heterocycles. The number of halogens is 1. The zero-order chi connectivity index (χ0) is 17.8. The molecule has 0 aliphatic carbocycles. The Morgan fingerprint density at radius 2 is 1.81 bits per heavy atom. The quantitative estimate of drug-likeness (QED) is 0.652. The minimum atomic E-state index is 0. The Morgan fingerprint density at radius 1 is 1.00 bits per heavy atom. The molecule has 1 aliphatic rings. The molecule has 0 amide bonds. The lowest BCUT2D eigenvalue weighted by atomic mass is 9.96. The smallest absolute Gasteiger partial charge is 0.127 e. The predicted octanol–water partition coefficient (Wildman–Crippen LogP) is 4.99. The normalized spacial score (nSPS) is 16.3. The maximum atomic E-state index is 6.22. The molecule has 1 fully saturated rings. The largest absolute Gasteiger partial charge is 0.490 e. The SMILES string of the molecule is Cl.NCCc1ccc(-c2c(OCC3CCCO3)ccc3ccccc23)cc1. The molecule has 3 aromatic rings. The highest BCUT2D eigenvalue weighted by molar-refractivity contribution is 5.99. The van der Waals surface area contributed by atoms with Gasteiger partial charge in [0.1, 0.15) is 12.4 Å². The Morgan fingerprint density at radius 3 is 2.56 bits per heavy atom. The minimum absolute atomic E-state index is 0. The number of hydrogen-bond donors (Lipinski definition) is 1. The topological polar surface area (TPSA) is 44.5 Å². The Bertz CT molecular complexity index is 873. The van der Waals surface area contributed by atoms with Crippen LogP contribution in [-0.4, -0.2) is 25.9 Å². The van der Waals surface area contributed by atoms with Gasteiger partial charge in [-0.25, -0.2) is 0 Å². The fourth-order valence-corrected chi connectivity index (χ4v) is 3.63. The molecular weight excluding hydrogens is 358 g/mol. The molecule has 4 heteroatoms. The first-order valence-corrected chi connectivity index (χ1v) is 9.40. The van der Waals surface area contributed by atoms with Crippen molar-refractivity contribution in [3.8, 4) is 16.9 Å². The third-order valence-electron chi connectivity index (χ3n) is 5.02. The second-order valence-electron chi connectivity index (χ2n) is 6.84. The fraction of sp³-hybridized carbons (Fsp3) is 0.304. The molecule has 0 spiro atoms. The van der Waals surface area contributed by atoms with E-state index in [4.69, 9.17) is 15.2 Å². The summed E-state index contributed by atoms with van der Waals surface area (Å²) in [4.78, 5) is 0. The monoisotopic (exact) mass is 383 g/mol. The van der Waals surface area contributed by atoms with Crippen molar-refractivity contribution in [2.75, 3.05) is 19.8 Å². The molecule has 3 nitrogen and oxygen atoms in total. The van der Waals surface area contributed by atoms with Gasteiger partial charge in [0.25, 0.3) is 0 Å². The van der Waals surface area contributed by atoms with E-state index in [1.807, 2.05) is 0 Å². The Kier molecular flexibility index (Phi) is 6.73. The number of ether oxygens (including phenoxy) is 2. The van der Waals surface area contributed by atoms with Crippen LogP contribution in [0.1, 0.15) is 18.4 Å². The lowest BCUT2D eigenvalue weighted by Crippen LogP contribution is -2.16. The first-order valence-electron chi connectivity index (χ1n) is 9.40. The number of fused-ring (bicyclic) bond motifs is 1. The van der Waals surface area contributed by atoms with Crippen molar-refractivity contribution in [2.45, 2.75) is 25.4 Å². The van der Waals surface area contributed by atoms with Crippen molar-refractivity contribution in [3.63, 3.8) is 0 Å². The highest BCUT2D eigenvalue weighted by Crippen LogP contribution is 2.37. The van der Waals surface area contributed by atoms with E-state index < -0.39 is 0 Å². The molecule has 4 rings (SSSR count). The van der Waals surface area contributed by atoms with Crippen molar-refractivity contribution in [1.29, 1.82) is 0 Å². The third-order valence-corrected chi connectivity index (χ3v) is 5.02. The minimum Gasteiger partial charge on any atom is -0.490 e. The molecule has 27 heavy (non-hydrogen) atoms. The molecule has 1 heterocycles. The van der Waals surface area contributed by atoms with E-state index in [1.165, 1.54) is 21.9 Å². The molecule has 1 aliphatic heterocycles. The first-order chi connectivity index (χ1) is 12.8. The lowest BCUT2D eigenvalue weighted by molar-refractivity contribution is 0.0682. The summed E-state index contributed by atoms with van der Waals surface area (Å²) in [6.45, 7) is 2.13. The highest BCUT2D eigenvalue weighted by atomic mass is 35.5. The molecule has 0 saturated carbocycles. The van der Waals surface area contributed by atoms with Crippen LogP contribution in [0.3, 0.4) is 0 Å². The van der Waals surface area contributed by atoms with Gasteiger partial charge in [0.2, 0.25) is 0 Å². The molecule has 0 aromatic heterocycles. The summed E-state index contributed by atoms with van der Waals surface area (Å²) < 4.78 is 11.9. The van der Waals surface area contributed by atoms with E-state index >= 15 is 0 Å². The molecule has 3 aromatic carbocycles. The molecule has 2 N–H and O–H groups in total. The van der Waals surface area contributed by atoms with Crippen LogP contribution in [0.15, 0.2) is 60.7 Å². The van der Waals surface area contributed by atoms with Gasteiger partial charge in [0.15, 0.2) is 0 Å². The van der Waals surface area contributed by atoms with Crippen molar-refractivity contribution in [2.24, 2.45) is 5.73 Å². The molecule has 0 bridgehead atoms. The zero-order valence-corrected chi connectivity index (χ0v) is 16.2. The maximum Gasteiger partial charge on any atom is 0.127 e. The van der Waals surface area contributed by atoms with Crippen LogP contribution < -0.4 is 10.5 Å². The van der Waals surface area contributed by atoms with Gasteiger partial charge in [-0.1, -0.05) is 54.6 Å². The Labute approximate surface area is 166 Å². The van der Waals surface area contributed by atoms with Gasteiger partial charge in [-0.3, -0.25) is 0 Å². The summed E-state index contributed by atoms with van der Waals surface area (Å²) >= 11 is 0. The van der Waals surface area contributed by atoms with Crippen LogP contribution in [0.2, 0.25) is 0 Å². The van der Waals surface area contributed by atoms with Crippen molar-refractivity contribution in [3.05, 3.63) is 66.2 Å². The van der Waals surface area contributed by atoms with Crippen molar-refractivity contribution >= 4 is 23.2 Å².